The summed E-state index contributed by atoms with van der Waals surface area (Å²) in [6, 6.07) is 81.6. The number of fused-ring (bicyclic) bond motifs is 9. The molecule has 0 aliphatic heterocycles. The van der Waals surface area contributed by atoms with Crippen molar-refractivity contribution in [1.29, 1.82) is 0 Å². The summed E-state index contributed by atoms with van der Waals surface area (Å²) in [4.78, 5) is 21.8. The maximum atomic E-state index is 5.56. The number of hydrogen-bond donors (Lipinski definition) is 0. The molecule has 66 heavy (non-hydrogen) atoms. The Bertz CT molecular complexity index is 3910. The number of hydrogen-bond acceptors (Lipinski definition) is 4. The lowest BCUT2D eigenvalue weighted by molar-refractivity contribution is 1.08. The van der Waals surface area contributed by atoms with Crippen LogP contribution >= 0.6 is 0 Å². The van der Waals surface area contributed by atoms with Gasteiger partial charge < -0.3 is 0 Å². The molecule has 0 amide bonds. The Morgan fingerprint density at radius 2 is 0.667 bits per heavy atom. The number of pyridine rings is 1. The molecule has 0 atom stereocenters. The van der Waals surface area contributed by atoms with Crippen LogP contribution in [0.25, 0.3) is 132 Å². The third-order valence-corrected chi connectivity index (χ3v) is 13.1. The fourth-order valence-electron chi connectivity index (χ4n) is 10.0. The molecule has 2 heterocycles. The highest BCUT2D eigenvalue weighted by atomic mass is 15.0. The monoisotopic (exact) mass is 838 g/mol. The lowest BCUT2D eigenvalue weighted by Crippen LogP contribution is -2.01. The van der Waals surface area contributed by atoms with Crippen molar-refractivity contribution in [2.45, 2.75) is 0 Å². The van der Waals surface area contributed by atoms with Crippen LogP contribution in [0.1, 0.15) is 0 Å². The summed E-state index contributed by atoms with van der Waals surface area (Å²) in [7, 11) is 0. The molecular weight excluding hydrogens is 801 g/mol. The van der Waals surface area contributed by atoms with E-state index in [1.165, 1.54) is 27.3 Å². The molecule has 0 fully saturated rings. The van der Waals surface area contributed by atoms with E-state index in [0.29, 0.717) is 17.5 Å². The molecule has 0 saturated carbocycles. The SMILES string of the molecule is c1ccc(-c2nc3c(-c4cccc(-c5nc(-c6cc7ccccc7c7ccccc67)nc(-c6cc7ccccc7c7ccccc67)n5)c4)cccc3c3c(-c4ccccc4)cccc23)cc1. The molecule has 0 aliphatic rings. The van der Waals surface area contributed by atoms with Crippen molar-refractivity contribution >= 4 is 64.8 Å². The lowest BCUT2D eigenvalue weighted by atomic mass is 9.91. The summed E-state index contributed by atoms with van der Waals surface area (Å²) < 4.78 is 0. The van der Waals surface area contributed by atoms with Gasteiger partial charge in [-0.3, -0.25) is 0 Å². The molecule has 0 bridgehead atoms. The second-order valence-corrected chi connectivity index (χ2v) is 16.9. The number of aromatic nitrogens is 4. The molecule has 4 heteroatoms. The normalized spacial score (nSPS) is 11.6. The van der Waals surface area contributed by atoms with Crippen LogP contribution in [0.5, 0.6) is 0 Å². The van der Waals surface area contributed by atoms with E-state index in [4.69, 9.17) is 19.9 Å². The van der Waals surface area contributed by atoms with E-state index in [0.717, 1.165) is 87.7 Å². The Hall–Kier alpha value is -8.86. The van der Waals surface area contributed by atoms with Gasteiger partial charge in [0.2, 0.25) is 0 Å². The minimum absolute atomic E-state index is 0.598. The maximum Gasteiger partial charge on any atom is 0.164 e. The van der Waals surface area contributed by atoms with Crippen molar-refractivity contribution in [3.8, 4) is 67.7 Å². The van der Waals surface area contributed by atoms with Gasteiger partial charge in [0.15, 0.2) is 17.5 Å². The van der Waals surface area contributed by atoms with Crippen molar-refractivity contribution in [3.05, 3.63) is 231 Å². The molecule has 0 unspecified atom stereocenters. The zero-order valence-corrected chi connectivity index (χ0v) is 35.7. The van der Waals surface area contributed by atoms with E-state index in [2.05, 4.69) is 231 Å². The van der Waals surface area contributed by atoms with E-state index in [1.807, 2.05) is 0 Å². The van der Waals surface area contributed by atoms with E-state index < -0.39 is 0 Å². The summed E-state index contributed by atoms with van der Waals surface area (Å²) in [6.45, 7) is 0. The third-order valence-electron chi connectivity index (χ3n) is 13.1. The van der Waals surface area contributed by atoms with Crippen LogP contribution in [0.4, 0.5) is 0 Å². The quantitative estimate of drug-likeness (QED) is 0.157. The average Bonchev–Trinajstić information content (AvgIpc) is 3.40. The van der Waals surface area contributed by atoms with Gasteiger partial charge in [0.25, 0.3) is 0 Å². The maximum absolute atomic E-state index is 5.56. The van der Waals surface area contributed by atoms with Gasteiger partial charge in [0, 0.05) is 44.0 Å². The van der Waals surface area contributed by atoms with Crippen LogP contribution in [-0.4, -0.2) is 19.9 Å². The minimum atomic E-state index is 0.598. The van der Waals surface area contributed by atoms with Crippen LogP contribution in [0.3, 0.4) is 0 Å². The zero-order chi connectivity index (χ0) is 43.6. The number of para-hydroxylation sites is 1. The Kier molecular flexibility index (Phi) is 8.81. The first-order valence-corrected chi connectivity index (χ1v) is 22.4. The van der Waals surface area contributed by atoms with E-state index in [1.54, 1.807) is 0 Å². The zero-order valence-electron chi connectivity index (χ0n) is 35.7. The minimum Gasteiger partial charge on any atom is -0.246 e. The topological polar surface area (TPSA) is 51.6 Å². The summed E-state index contributed by atoms with van der Waals surface area (Å²) in [5.74, 6) is 1.85. The van der Waals surface area contributed by atoms with Gasteiger partial charge >= 0.3 is 0 Å². The van der Waals surface area contributed by atoms with E-state index >= 15 is 0 Å². The highest BCUT2D eigenvalue weighted by molar-refractivity contribution is 6.20. The van der Waals surface area contributed by atoms with Gasteiger partial charge in [-0.1, -0.05) is 212 Å². The standard InChI is InChI=1S/C62H38N4/c1-3-18-39(19-4-1)47-32-16-34-53-57(47)54-35-17-33-48(59(54)63-58(53)40-20-5-2-6-21-40)41-24-15-25-44(36-41)60-64-61(55-37-42-22-7-9-26-45(42)49-28-11-13-30-51(49)55)66-62(65-60)56-38-43-23-8-10-27-46(43)50-29-12-14-31-52(50)56/h1-38H. The Morgan fingerprint density at radius 3 is 1.29 bits per heavy atom. The van der Waals surface area contributed by atoms with Crippen LogP contribution in [-0.2, 0) is 0 Å². The van der Waals surface area contributed by atoms with Gasteiger partial charge in [0.1, 0.15) is 0 Å². The van der Waals surface area contributed by atoms with Crippen LogP contribution in [0, 0.1) is 0 Å². The van der Waals surface area contributed by atoms with Crippen molar-refractivity contribution in [2.24, 2.45) is 0 Å². The predicted molar refractivity (Wildman–Crippen MR) is 275 cm³/mol. The molecule has 0 saturated heterocycles. The second kappa shape index (κ2) is 15.4. The molecule has 0 aliphatic carbocycles. The van der Waals surface area contributed by atoms with Gasteiger partial charge in [-0.15, -0.1) is 0 Å². The summed E-state index contributed by atoms with van der Waals surface area (Å²) in [5.41, 5.74) is 10.2. The highest BCUT2D eigenvalue weighted by Gasteiger charge is 2.21. The Morgan fingerprint density at radius 1 is 0.227 bits per heavy atom. The van der Waals surface area contributed by atoms with E-state index in [-0.39, 0.29) is 0 Å². The van der Waals surface area contributed by atoms with Gasteiger partial charge in [0.05, 0.1) is 11.2 Å². The Balaban J connectivity index is 1.06. The van der Waals surface area contributed by atoms with Gasteiger partial charge in [-0.2, -0.15) is 0 Å². The molecule has 0 radical (unpaired) electrons. The van der Waals surface area contributed by atoms with Gasteiger partial charge in [-0.25, -0.2) is 19.9 Å². The summed E-state index contributed by atoms with van der Waals surface area (Å²) >= 11 is 0. The summed E-state index contributed by atoms with van der Waals surface area (Å²) in [6.07, 6.45) is 0. The number of nitrogens with zero attached hydrogens (tertiary/aromatic N) is 4. The lowest BCUT2D eigenvalue weighted by Gasteiger charge is -2.17. The van der Waals surface area contributed by atoms with Crippen molar-refractivity contribution in [1.82, 2.24) is 19.9 Å². The number of benzene rings is 11. The molecule has 4 nitrogen and oxygen atoms in total. The predicted octanol–water partition coefficient (Wildman–Crippen LogP) is 16.2. The molecule has 0 N–H and O–H groups in total. The molecule has 13 aromatic rings. The molecule has 11 aromatic carbocycles. The molecule has 0 spiro atoms. The van der Waals surface area contributed by atoms with Crippen molar-refractivity contribution in [2.75, 3.05) is 0 Å². The van der Waals surface area contributed by atoms with Crippen molar-refractivity contribution in [3.63, 3.8) is 0 Å². The highest BCUT2D eigenvalue weighted by Crippen LogP contribution is 2.43. The second-order valence-electron chi connectivity index (χ2n) is 16.9. The largest absolute Gasteiger partial charge is 0.246 e. The van der Waals surface area contributed by atoms with Crippen LogP contribution in [0.2, 0.25) is 0 Å². The smallest absolute Gasteiger partial charge is 0.164 e. The first-order chi connectivity index (χ1) is 32.7. The first-order valence-electron chi connectivity index (χ1n) is 22.4. The summed E-state index contributed by atoms with van der Waals surface area (Å²) in [5, 5.41) is 12.6. The fourth-order valence-corrected chi connectivity index (χ4v) is 10.0. The first kappa shape index (κ1) is 37.7. The van der Waals surface area contributed by atoms with E-state index in [9.17, 15) is 0 Å². The molecule has 306 valence electrons. The number of rotatable bonds is 6. The molecular formula is C62H38N4. The Labute approximate surface area is 381 Å². The molecule has 13 rings (SSSR count). The average molecular weight is 839 g/mol. The third kappa shape index (κ3) is 6.22. The van der Waals surface area contributed by atoms with Crippen molar-refractivity contribution < 1.29 is 0 Å². The fraction of sp³-hybridized carbons (Fsp3) is 0. The van der Waals surface area contributed by atoms with Gasteiger partial charge in [-0.05, 0) is 78.0 Å². The van der Waals surface area contributed by atoms with Crippen LogP contribution in [0.15, 0.2) is 231 Å². The van der Waals surface area contributed by atoms with Crippen LogP contribution < -0.4 is 0 Å². The molecule has 2 aromatic heterocycles.